The topological polar surface area (TPSA) is 76.0 Å². The van der Waals surface area contributed by atoms with Gasteiger partial charge < -0.3 is 28.3 Å². The molecule has 0 aliphatic rings. The molecule has 0 fully saturated rings. The monoisotopic (exact) mass is 417 g/mol. The van der Waals surface area contributed by atoms with Gasteiger partial charge in [-0.1, -0.05) is 0 Å². The lowest BCUT2D eigenvalue weighted by atomic mass is 10.0. The van der Waals surface area contributed by atoms with Gasteiger partial charge in [0, 0.05) is 24.2 Å². The molecule has 0 aliphatic heterocycles. The van der Waals surface area contributed by atoms with Crippen LogP contribution in [0.3, 0.4) is 0 Å². The first-order valence-electron chi connectivity index (χ1n) is 8.97. The van der Waals surface area contributed by atoms with Crippen molar-refractivity contribution in [3.8, 4) is 51.3 Å². The lowest BCUT2D eigenvalue weighted by molar-refractivity contribution is 0.325. The third-order valence-electron chi connectivity index (χ3n) is 4.72. The number of benzene rings is 2. The lowest BCUT2D eigenvalue weighted by Gasteiger charge is -2.19. The van der Waals surface area contributed by atoms with E-state index in [0.29, 0.717) is 34.2 Å². The predicted molar refractivity (Wildman–Crippen MR) is 112 cm³/mol. The van der Waals surface area contributed by atoms with Crippen molar-refractivity contribution in [1.29, 1.82) is 0 Å². The molecule has 1 heterocycles. The Morgan fingerprint density at radius 1 is 0.800 bits per heavy atom. The maximum absolute atomic E-state index is 13.6. The van der Waals surface area contributed by atoms with Crippen LogP contribution in [0.2, 0.25) is 0 Å². The number of aryl methyl sites for hydroxylation is 1. The van der Waals surface area contributed by atoms with Crippen LogP contribution in [-0.2, 0) is 7.05 Å². The van der Waals surface area contributed by atoms with Crippen LogP contribution in [0.5, 0.6) is 28.7 Å². The van der Waals surface area contributed by atoms with E-state index in [1.165, 1.54) is 21.3 Å². The van der Waals surface area contributed by atoms with Gasteiger partial charge in [0.1, 0.15) is 17.2 Å². The SMILES string of the molecule is COc1cc(OC)cc(-c2ncn(C)c2-c2cc(NF)c(OC)c(OC)c2OC)c1. The lowest BCUT2D eigenvalue weighted by Crippen LogP contribution is -2.02. The molecule has 0 amide bonds. The zero-order chi connectivity index (χ0) is 21.8. The first-order valence-corrected chi connectivity index (χ1v) is 8.97. The molecule has 1 N–H and O–H groups in total. The van der Waals surface area contributed by atoms with Crippen LogP contribution in [0, 0.1) is 0 Å². The van der Waals surface area contributed by atoms with E-state index in [1.54, 1.807) is 38.2 Å². The molecular formula is C21H24FN3O5. The Balaban J connectivity index is 2.33. The van der Waals surface area contributed by atoms with Crippen molar-refractivity contribution in [1.82, 2.24) is 9.55 Å². The molecule has 0 saturated carbocycles. The molecule has 0 bridgehead atoms. The van der Waals surface area contributed by atoms with Crippen molar-refractivity contribution in [2.75, 3.05) is 41.1 Å². The molecule has 8 nitrogen and oxygen atoms in total. The smallest absolute Gasteiger partial charge is 0.206 e. The normalized spacial score (nSPS) is 10.5. The number of rotatable bonds is 8. The Morgan fingerprint density at radius 2 is 1.40 bits per heavy atom. The van der Waals surface area contributed by atoms with E-state index in [-0.39, 0.29) is 17.2 Å². The first kappa shape index (κ1) is 21.1. The van der Waals surface area contributed by atoms with E-state index < -0.39 is 0 Å². The molecule has 0 aliphatic carbocycles. The largest absolute Gasteiger partial charge is 0.497 e. The summed E-state index contributed by atoms with van der Waals surface area (Å²) in [6.45, 7) is 0. The van der Waals surface area contributed by atoms with Gasteiger partial charge in [0.25, 0.3) is 0 Å². The third kappa shape index (κ3) is 3.54. The highest BCUT2D eigenvalue weighted by Gasteiger charge is 2.26. The summed E-state index contributed by atoms with van der Waals surface area (Å²) in [5.41, 5.74) is 4.39. The van der Waals surface area contributed by atoms with Crippen molar-refractivity contribution in [3.05, 3.63) is 30.6 Å². The summed E-state index contributed by atoms with van der Waals surface area (Å²) in [7, 11) is 9.39. The minimum Gasteiger partial charge on any atom is -0.497 e. The van der Waals surface area contributed by atoms with E-state index in [9.17, 15) is 4.48 Å². The molecule has 0 unspecified atom stereocenters. The number of nitrogens with one attached hydrogen (secondary N) is 1. The van der Waals surface area contributed by atoms with Gasteiger partial charge in [0.05, 0.1) is 53.3 Å². The van der Waals surface area contributed by atoms with Crippen molar-refractivity contribution in [2.24, 2.45) is 7.05 Å². The number of nitrogens with zero attached hydrogens (tertiary/aromatic N) is 2. The van der Waals surface area contributed by atoms with Crippen LogP contribution < -0.4 is 29.2 Å². The summed E-state index contributed by atoms with van der Waals surface area (Å²) >= 11 is 0. The average Bonchev–Trinajstić information content (AvgIpc) is 3.17. The number of anilines is 1. The van der Waals surface area contributed by atoms with Crippen LogP contribution in [0.4, 0.5) is 10.2 Å². The first-order chi connectivity index (χ1) is 14.5. The predicted octanol–water partition coefficient (Wildman–Crippen LogP) is 4.09. The second-order valence-corrected chi connectivity index (χ2v) is 6.32. The fraction of sp³-hybridized carbons (Fsp3) is 0.286. The van der Waals surface area contributed by atoms with Gasteiger partial charge in [0.2, 0.25) is 5.75 Å². The van der Waals surface area contributed by atoms with Crippen LogP contribution in [0.25, 0.3) is 22.5 Å². The number of imidazole rings is 1. The number of hydrogen-bond donors (Lipinski definition) is 1. The Bertz CT molecular complexity index is 1030. The van der Waals surface area contributed by atoms with Gasteiger partial charge in [-0.05, 0) is 18.2 Å². The molecule has 30 heavy (non-hydrogen) atoms. The van der Waals surface area contributed by atoms with Gasteiger partial charge >= 0.3 is 0 Å². The fourth-order valence-electron chi connectivity index (χ4n) is 3.36. The molecule has 3 rings (SSSR count). The standard InChI is InChI=1S/C21H24FN3O5/c1-25-11-23-17(12-7-13(26-2)9-14(8-12)27-3)18(25)15-10-16(24-22)20(29-5)21(30-6)19(15)28-4/h7-11,24H,1-6H3. The van der Waals surface area contributed by atoms with Crippen molar-refractivity contribution in [3.63, 3.8) is 0 Å². The molecular weight excluding hydrogens is 393 g/mol. The van der Waals surface area contributed by atoms with Crippen LogP contribution in [0.15, 0.2) is 30.6 Å². The number of hydrogen-bond acceptors (Lipinski definition) is 7. The molecule has 0 atom stereocenters. The van der Waals surface area contributed by atoms with E-state index in [0.717, 1.165) is 5.56 Å². The highest BCUT2D eigenvalue weighted by atomic mass is 19.2. The molecule has 2 aromatic carbocycles. The number of halogens is 1. The summed E-state index contributed by atoms with van der Waals surface area (Å²) in [5.74, 6) is 2.06. The average molecular weight is 417 g/mol. The number of methoxy groups -OCH3 is 5. The summed E-state index contributed by atoms with van der Waals surface area (Å²) in [6, 6.07) is 7.04. The maximum atomic E-state index is 13.6. The maximum Gasteiger partial charge on any atom is 0.206 e. The summed E-state index contributed by atoms with van der Waals surface area (Å²) in [5, 5.41) is 0. The van der Waals surface area contributed by atoms with Gasteiger partial charge in [-0.25, -0.2) is 10.5 Å². The van der Waals surface area contributed by atoms with Crippen LogP contribution >= 0.6 is 0 Å². The van der Waals surface area contributed by atoms with Crippen molar-refractivity contribution >= 4 is 5.69 Å². The van der Waals surface area contributed by atoms with Gasteiger partial charge in [-0.3, -0.25) is 0 Å². The third-order valence-corrected chi connectivity index (χ3v) is 4.72. The molecule has 0 spiro atoms. The zero-order valence-electron chi connectivity index (χ0n) is 17.7. The Morgan fingerprint density at radius 3 is 1.90 bits per heavy atom. The molecule has 3 aromatic rings. The van der Waals surface area contributed by atoms with E-state index in [2.05, 4.69) is 4.98 Å². The minimum atomic E-state index is 0.0977. The Hall–Kier alpha value is -3.62. The van der Waals surface area contributed by atoms with Gasteiger partial charge in [-0.15, -0.1) is 4.48 Å². The molecule has 160 valence electrons. The summed E-state index contributed by atoms with van der Waals surface area (Å²) < 4.78 is 42.6. The van der Waals surface area contributed by atoms with Crippen LogP contribution in [-0.4, -0.2) is 45.1 Å². The van der Waals surface area contributed by atoms with Crippen molar-refractivity contribution in [2.45, 2.75) is 0 Å². The van der Waals surface area contributed by atoms with E-state index in [4.69, 9.17) is 23.7 Å². The van der Waals surface area contributed by atoms with E-state index >= 15 is 0 Å². The molecule has 0 radical (unpaired) electrons. The quantitative estimate of drug-likeness (QED) is 0.553. The highest BCUT2D eigenvalue weighted by molar-refractivity contribution is 5.88. The Labute approximate surface area is 174 Å². The van der Waals surface area contributed by atoms with Gasteiger partial charge in [-0.2, -0.15) is 0 Å². The van der Waals surface area contributed by atoms with Gasteiger partial charge in [0.15, 0.2) is 11.5 Å². The fourth-order valence-corrected chi connectivity index (χ4v) is 3.36. The molecule has 9 heteroatoms. The van der Waals surface area contributed by atoms with Crippen molar-refractivity contribution < 1.29 is 28.2 Å². The van der Waals surface area contributed by atoms with Crippen LogP contribution in [0.1, 0.15) is 0 Å². The second-order valence-electron chi connectivity index (χ2n) is 6.32. The zero-order valence-corrected chi connectivity index (χ0v) is 17.7. The summed E-state index contributed by atoms with van der Waals surface area (Å²) in [6.07, 6.45) is 1.66. The molecule has 1 aromatic heterocycles. The Kier molecular flexibility index (Phi) is 6.20. The summed E-state index contributed by atoms with van der Waals surface area (Å²) in [4.78, 5) is 4.55. The highest BCUT2D eigenvalue weighted by Crippen LogP contribution is 2.50. The number of aromatic nitrogens is 2. The van der Waals surface area contributed by atoms with E-state index in [1.807, 2.05) is 23.7 Å². The molecule has 0 saturated heterocycles. The number of ether oxygens (including phenoxy) is 5. The minimum absolute atomic E-state index is 0.0977. The second kappa shape index (κ2) is 8.81.